The molecule has 0 saturated carbocycles. The van der Waals surface area contributed by atoms with Crippen molar-refractivity contribution in [2.45, 2.75) is 20.8 Å². The Kier molecular flexibility index (Phi) is 1.55. The van der Waals surface area contributed by atoms with Crippen molar-refractivity contribution in [2.24, 2.45) is 5.41 Å². The highest BCUT2D eigenvalue weighted by molar-refractivity contribution is 5.93. The van der Waals surface area contributed by atoms with Crippen molar-refractivity contribution in [1.82, 2.24) is 0 Å². The Hall–Kier alpha value is -0.790. The third-order valence-corrected chi connectivity index (χ3v) is 1.40. The van der Waals surface area contributed by atoms with Crippen LogP contribution in [-0.4, -0.2) is 12.4 Å². The van der Waals surface area contributed by atoms with Gasteiger partial charge < -0.3 is 4.74 Å². The molecule has 0 unspecified atom stereocenters. The summed E-state index contributed by atoms with van der Waals surface area (Å²) in [7, 11) is 0. The Labute approximate surface area is 60.9 Å². The number of ether oxygens (including phenoxy) is 1. The molecule has 2 heteroatoms. The van der Waals surface area contributed by atoms with Crippen LogP contribution in [0.1, 0.15) is 20.8 Å². The number of hydrogen-bond donors (Lipinski definition) is 0. The van der Waals surface area contributed by atoms with Crippen LogP contribution in [0.15, 0.2) is 11.8 Å². The Morgan fingerprint density at radius 1 is 1.50 bits per heavy atom. The van der Waals surface area contributed by atoms with Crippen LogP contribution in [-0.2, 0) is 9.53 Å². The van der Waals surface area contributed by atoms with E-state index >= 15 is 0 Å². The minimum absolute atomic E-state index is 0.0217. The van der Waals surface area contributed by atoms with Crippen LogP contribution in [0.5, 0.6) is 0 Å². The standard InChI is InChI=1S/C8H12O2/c1-8(2,3)7-4-6(9)5-10-7/h4H,5H2,1-3H3. The molecule has 10 heavy (non-hydrogen) atoms. The monoisotopic (exact) mass is 140 g/mol. The molecule has 0 aromatic rings. The first-order valence-corrected chi connectivity index (χ1v) is 3.38. The normalized spacial score (nSPS) is 18.7. The number of carbonyl (C=O) groups is 1. The van der Waals surface area contributed by atoms with Crippen LogP contribution in [0.3, 0.4) is 0 Å². The Morgan fingerprint density at radius 2 is 2.10 bits per heavy atom. The van der Waals surface area contributed by atoms with E-state index < -0.39 is 0 Å². The van der Waals surface area contributed by atoms with Crippen molar-refractivity contribution >= 4 is 5.78 Å². The summed E-state index contributed by atoms with van der Waals surface area (Å²) >= 11 is 0. The zero-order chi connectivity index (χ0) is 7.78. The summed E-state index contributed by atoms with van der Waals surface area (Å²) in [6.45, 7) is 6.30. The van der Waals surface area contributed by atoms with Crippen LogP contribution >= 0.6 is 0 Å². The second kappa shape index (κ2) is 2.11. The van der Waals surface area contributed by atoms with Gasteiger partial charge in [-0.25, -0.2) is 0 Å². The average Bonchev–Trinajstić information content (AvgIpc) is 2.11. The van der Waals surface area contributed by atoms with Gasteiger partial charge in [0.2, 0.25) is 0 Å². The van der Waals surface area contributed by atoms with Gasteiger partial charge in [0.15, 0.2) is 12.4 Å². The molecule has 0 aliphatic carbocycles. The highest BCUT2D eigenvalue weighted by Gasteiger charge is 2.24. The largest absolute Gasteiger partial charge is 0.489 e. The van der Waals surface area contributed by atoms with Gasteiger partial charge in [-0.2, -0.15) is 0 Å². The zero-order valence-electron chi connectivity index (χ0n) is 6.60. The van der Waals surface area contributed by atoms with E-state index in [2.05, 4.69) is 0 Å². The molecule has 1 aliphatic heterocycles. The van der Waals surface area contributed by atoms with Crippen LogP contribution in [0.2, 0.25) is 0 Å². The third-order valence-electron chi connectivity index (χ3n) is 1.40. The van der Waals surface area contributed by atoms with Gasteiger partial charge in [-0.1, -0.05) is 20.8 Å². The van der Waals surface area contributed by atoms with E-state index in [4.69, 9.17) is 4.74 Å². The summed E-state index contributed by atoms with van der Waals surface area (Å²) in [4.78, 5) is 10.7. The van der Waals surface area contributed by atoms with Crippen molar-refractivity contribution in [1.29, 1.82) is 0 Å². The maximum Gasteiger partial charge on any atom is 0.196 e. The van der Waals surface area contributed by atoms with Gasteiger partial charge in [-0.15, -0.1) is 0 Å². The second-order valence-corrected chi connectivity index (χ2v) is 3.51. The minimum Gasteiger partial charge on any atom is -0.489 e. The Bertz CT molecular complexity index is 184. The molecule has 1 heterocycles. The highest BCUT2D eigenvalue weighted by atomic mass is 16.5. The van der Waals surface area contributed by atoms with Gasteiger partial charge in [0, 0.05) is 11.5 Å². The van der Waals surface area contributed by atoms with Gasteiger partial charge in [-0.05, 0) is 0 Å². The molecule has 0 atom stereocenters. The lowest BCUT2D eigenvalue weighted by Crippen LogP contribution is -2.09. The summed E-state index contributed by atoms with van der Waals surface area (Å²) in [6, 6.07) is 0. The van der Waals surface area contributed by atoms with Crippen LogP contribution in [0, 0.1) is 5.41 Å². The lowest BCUT2D eigenvalue weighted by molar-refractivity contribution is -0.115. The van der Waals surface area contributed by atoms with E-state index in [1.165, 1.54) is 0 Å². The van der Waals surface area contributed by atoms with Gasteiger partial charge >= 0.3 is 0 Å². The molecule has 0 aromatic heterocycles. The quantitative estimate of drug-likeness (QED) is 0.510. The van der Waals surface area contributed by atoms with Crippen LogP contribution < -0.4 is 0 Å². The lowest BCUT2D eigenvalue weighted by Gasteiger charge is -2.18. The van der Waals surface area contributed by atoms with E-state index in [0.29, 0.717) is 0 Å². The first-order valence-electron chi connectivity index (χ1n) is 3.38. The summed E-state index contributed by atoms with van der Waals surface area (Å²) in [6.07, 6.45) is 1.58. The topological polar surface area (TPSA) is 26.3 Å². The molecule has 0 N–H and O–H groups in total. The Morgan fingerprint density at radius 3 is 2.30 bits per heavy atom. The van der Waals surface area contributed by atoms with Gasteiger partial charge in [-0.3, -0.25) is 4.79 Å². The maximum atomic E-state index is 10.7. The minimum atomic E-state index is -0.0217. The predicted molar refractivity (Wildman–Crippen MR) is 38.5 cm³/mol. The van der Waals surface area contributed by atoms with Crippen molar-refractivity contribution in [3.63, 3.8) is 0 Å². The van der Waals surface area contributed by atoms with E-state index in [1.807, 2.05) is 20.8 Å². The Balaban J connectivity index is 2.76. The van der Waals surface area contributed by atoms with E-state index in [9.17, 15) is 4.79 Å². The smallest absolute Gasteiger partial charge is 0.196 e. The molecule has 0 aromatic carbocycles. The summed E-state index contributed by atoms with van der Waals surface area (Å²) < 4.78 is 5.14. The maximum absolute atomic E-state index is 10.7. The fraction of sp³-hybridized carbons (Fsp3) is 0.625. The number of allylic oxidation sites excluding steroid dienone is 1. The highest BCUT2D eigenvalue weighted by Crippen LogP contribution is 2.28. The van der Waals surface area contributed by atoms with Crippen molar-refractivity contribution < 1.29 is 9.53 Å². The first-order chi connectivity index (χ1) is 4.50. The SMILES string of the molecule is CC(C)(C)C1=CC(=O)CO1. The van der Waals surface area contributed by atoms with Gasteiger partial charge in [0.25, 0.3) is 0 Å². The van der Waals surface area contributed by atoms with Crippen LogP contribution in [0.4, 0.5) is 0 Å². The van der Waals surface area contributed by atoms with Gasteiger partial charge in [0.05, 0.1) is 0 Å². The molecule has 0 amide bonds. The molecule has 0 radical (unpaired) electrons. The summed E-state index contributed by atoms with van der Waals surface area (Å²) in [5.41, 5.74) is -0.0217. The molecule has 0 saturated heterocycles. The molecule has 2 nitrogen and oxygen atoms in total. The van der Waals surface area contributed by atoms with Crippen LogP contribution in [0.25, 0.3) is 0 Å². The van der Waals surface area contributed by atoms with E-state index in [0.717, 1.165) is 5.76 Å². The predicted octanol–water partition coefficient (Wildman–Crippen LogP) is 1.52. The number of carbonyl (C=O) groups excluding carboxylic acids is 1. The zero-order valence-corrected chi connectivity index (χ0v) is 6.60. The van der Waals surface area contributed by atoms with Crippen molar-refractivity contribution in [3.8, 4) is 0 Å². The molecule has 0 spiro atoms. The molecule has 1 rings (SSSR count). The number of rotatable bonds is 0. The molecule has 0 fully saturated rings. The second-order valence-electron chi connectivity index (χ2n) is 3.51. The molecular weight excluding hydrogens is 128 g/mol. The van der Waals surface area contributed by atoms with Crippen molar-refractivity contribution in [3.05, 3.63) is 11.8 Å². The average molecular weight is 140 g/mol. The molecule has 56 valence electrons. The van der Waals surface area contributed by atoms with E-state index in [1.54, 1.807) is 6.08 Å². The molecular formula is C8H12O2. The molecule has 0 bridgehead atoms. The fourth-order valence-electron chi connectivity index (χ4n) is 0.811. The summed E-state index contributed by atoms with van der Waals surface area (Å²) in [5.74, 6) is 0.877. The van der Waals surface area contributed by atoms with Crippen molar-refractivity contribution in [2.75, 3.05) is 6.61 Å². The number of ketones is 1. The van der Waals surface area contributed by atoms with Gasteiger partial charge in [0.1, 0.15) is 5.76 Å². The number of hydrogen-bond acceptors (Lipinski definition) is 2. The first kappa shape index (κ1) is 7.32. The fourth-order valence-corrected chi connectivity index (χ4v) is 0.811. The van der Waals surface area contributed by atoms with E-state index in [-0.39, 0.29) is 17.8 Å². The lowest BCUT2D eigenvalue weighted by atomic mass is 9.94. The summed E-state index contributed by atoms with van der Waals surface area (Å²) in [5, 5.41) is 0. The molecule has 1 aliphatic rings. The third kappa shape index (κ3) is 1.38.